The van der Waals surface area contributed by atoms with Crippen LogP contribution in [0.15, 0.2) is 12.1 Å². The van der Waals surface area contributed by atoms with Crippen molar-refractivity contribution in [3.05, 3.63) is 21.9 Å². The van der Waals surface area contributed by atoms with Crippen molar-refractivity contribution >= 4 is 23.2 Å². The van der Waals surface area contributed by atoms with Gasteiger partial charge in [-0.25, -0.2) is 0 Å². The molecule has 2 aliphatic rings. The standard InChI is InChI=1S/C17H24N2O3S/c1-12-4-5-14(23-12)11-18-16(20)13-6-8-19(9-7-13)17(21)15-3-2-10-22-15/h4-5,13,15H,2-3,6-11H2,1H3,(H,18,20)/t15-/m1/s1. The van der Waals surface area contributed by atoms with E-state index in [1.54, 1.807) is 11.3 Å². The van der Waals surface area contributed by atoms with Crippen LogP contribution < -0.4 is 5.32 Å². The van der Waals surface area contributed by atoms with Gasteiger partial charge >= 0.3 is 0 Å². The van der Waals surface area contributed by atoms with Gasteiger partial charge in [0.25, 0.3) is 5.91 Å². The SMILES string of the molecule is Cc1ccc(CNC(=O)C2CCN(C(=O)[C@H]3CCCO3)CC2)s1. The molecule has 1 aromatic rings. The third kappa shape index (κ3) is 4.12. The highest BCUT2D eigenvalue weighted by atomic mass is 32.1. The highest BCUT2D eigenvalue weighted by Crippen LogP contribution is 2.22. The van der Waals surface area contributed by atoms with Gasteiger partial charge in [-0.15, -0.1) is 11.3 Å². The molecule has 1 N–H and O–H groups in total. The van der Waals surface area contributed by atoms with Crippen LogP contribution in [0.2, 0.25) is 0 Å². The van der Waals surface area contributed by atoms with Crippen molar-refractivity contribution in [2.24, 2.45) is 5.92 Å². The zero-order valence-corrected chi connectivity index (χ0v) is 14.4. The van der Waals surface area contributed by atoms with Gasteiger partial charge in [-0.3, -0.25) is 9.59 Å². The smallest absolute Gasteiger partial charge is 0.251 e. The van der Waals surface area contributed by atoms with Gasteiger partial charge in [0.1, 0.15) is 6.10 Å². The first-order valence-electron chi connectivity index (χ1n) is 8.37. The number of carbonyl (C=O) groups excluding carboxylic acids is 2. The molecule has 3 heterocycles. The number of likely N-dealkylation sites (tertiary alicyclic amines) is 1. The van der Waals surface area contributed by atoms with Crippen molar-refractivity contribution in [3.8, 4) is 0 Å². The maximum atomic E-state index is 12.3. The summed E-state index contributed by atoms with van der Waals surface area (Å²) < 4.78 is 5.46. The molecule has 6 heteroatoms. The Kier molecular flexibility index (Phi) is 5.33. The van der Waals surface area contributed by atoms with Crippen molar-refractivity contribution in [2.75, 3.05) is 19.7 Å². The number of piperidine rings is 1. The molecule has 1 aromatic heterocycles. The summed E-state index contributed by atoms with van der Waals surface area (Å²) in [5.74, 6) is 0.236. The average molecular weight is 336 g/mol. The molecule has 5 nitrogen and oxygen atoms in total. The Hall–Kier alpha value is -1.40. The van der Waals surface area contributed by atoms with Gasteiger partial charge in [0.05, 0.1) is 6.54 Å². The summed E-state index contributed by atoms with van der Waals surface area (Å²) in [5, 5.41) is 3.02. The summed E-state index contributed by atoms with van der Waals surface area (Å²) in [6.07, 6.45) is 3.04. The average Bonchev–Trinajstić information content (AvgIpc) is 3.24. The minimum absolute atomic E-state index is 0.0182. The first-order chi connectivity index (χ1) is 11.1. The molecular formula is C17H24N2O3S. The molecule has 0 saturated carbocycles. The molecule has 0 aliphatic carbocycles. The van der Waals surface area contributed by atoms with E-state index in [0.717, 1.165) is 25.7 Å². The van der Waals surface area contributed by atoms with Crippen molar-refractivity contribution < 1.29 is 14.3 Å². The Morgan fingerprint density at radius 1 is 1.30 bits per heavy atom. The molecule has 0 aromatic carbocycles. The second kappa shape index (κ2) is 7.45. The second-order valence-corrected chi connectivity index (χ2v) is 7.70. The largest absolute Gasteiger partial charge is 0.368 e. The van der Waals surface area contributed by atoms with Crippen molar-refractivity contribution in [1.29, 1.82) is 0 Å². The van der Waals surface area contributed by atoms with Gasteiger partial charge < -0.3 is 15.0 Å². The number of thiophene rings is 1. The Morgan fingerprint density at radius 2 is 2.09 bits per heavy atom. The fraction of sp³-hybridized carbons (Fsp3) is 0.647. The van der Waals surface area contributed by atoms with Crippen LogP contribution >= 0.6 is 11.3 Å². The topological polar surface area (TPSA) is 58.6 Å². The molecule has 0 spiro atoms. The molecule has 2 amide bonds. The Balaban J connectivity index is 1.42. The number of carbonyl (C=O) groups is 2. The van der Waals surface area contributed by atoms with E-state index in [1.165, 1.54) is 9.75 Å². The van der Waals surface area contributed by atoms with E-state index in [0.29, 0.717) is 26.2 Å². The van der Waals surface area contributed by atoms with E-state index in [2.05, 4.69) is 24.4 Å². The summed E-state index contributed by atoms with van der Waals surface area (Å²) in [6, 6.07) is 4.13. The highest BCUT2D eigenvalue weighted by molar-refractivity contribution is 7.11. The number of hydrogen-bond acceptors (Lipinski definition) is 4. The van der Waals surface area contributed by atoms with Crippen LogP contribution in [0.25, 0.3) is 0 Å². The lowest BCUT2D eigenvalue weighted by Crippen LogP contribution is -2.46. The van der Waals surface area contributed by atoms with Crippen LogP contribution in [0.4, 0.5) is 0 Å². The van der Waals surface area contributed by atoms with Gasteiger partial charge in [0.15, 0.2) is 0 Å². The van der Waals surface area contributed by atoms with Crippen molar-refractivity contribution in [3.63, 3.8) is 0 Å². The van der Waals surface area contributed by atoms with Crippen molar-refractivity contribution in [2.45, 2.75) is 45.3 Å². The number of rotatable bonds is 4. The molecule has 0 unspecified atom stereocenters. The van der Waals surface area contributed by atoms with Gasteiger partial charge in [-0.1, -0.05) is 0 Å². The van der Waals surface area contributed by atoms with Crippen LogP contribution in [-0.4, -0.2) is 42.5 Å². The van der Waals surface area contributed by atoms with E-state index in [4.69, 9.17) is 4.74 Å². The molecule has 0 bridgehead atoms. The first-order valence-corrected chi connectivity index (χ1v) is 9.18. The lowest BCUT2D eigenvalue weighted by molar-refractivity contribution is -0.143. The molecule has 2 saturated heterocycles. The fourth-order valence-corrected chi connectivity index (χ4v) is 4.07. The third-order valence-electron chi connectivity index (χ3n) is 4.62. The number of amides is 2. The minimum Gasteiger partial charge on any atom is -0.368 e. The maximum Gasteiger partial charge on any atom is 0.251 e. The van der Waals surface area contributed by atoms with Crippen LogP contribution in [0.5, 0.6) is 0 Å². The first kappa shape index (κ1) is 16.5. The molecule has 23 heavy (non-hydrogen) atoms. The second-order valence-electron chi connectivity index (χ2n) is 6.33. The number of aryl methyl sites for hydroxylation is 1. The predicted octanol–water partition coefficient (Wildman–Crippen LogP) is 2.09. The molecule has 3 rings (SSSR count). The summed E-state index contributed by atoms with van der Waals surface area (Å²) in [6.45, 7) is 4.68. The summed E-state index contributed by atoms with van der Waals surface area (Å²) in [7, 11) is 0. The van der Waals surface area contributed by atoms with Gasteiger partial charge in [-0.05, 0) is 44.7 Å². The maximum absolute atomic E-state index is 12.3. The molecule has 2 aliphatic heterocycles. The molecular weight excluding hydrogens is 312 g/mol. The van der Waals surface area contributed by atoms with E-state index in [1.807, 2.05) is 4.90 Å². The monoisotopic (exact) mass is 336 g/mol. The molecule has 0 radical (unpaired) electrons. The molecule has 1 atom stereocenters. The number of nitrogens with zero attached hydrogens (tertiary/aromatic N) is 1. The van der Waals surface area contributed by atoms with Crippen LogP contribution in [0, 0.1) is 12.8 Å². The Morgan fingerprint density at radius 3 is 2.70 bits per heavy atom. The lowest BCUT2D eigenvalue weighted by atomic mass is 9.95. The third-order valence-corrected chi connectivity index (χ3v) is 5.62. The van der Waals surface area contributed by atoms with Crippen LogP contribution in [-0.2, 0) is 20.9 Å². The quantitative estimate of drug-likeness (QED) is 0.916. The van der Waals surface area contributed by atoms with Gasteiger partial charge in [0.2, 0.25) is 5.91 Å². The van der Waals surface area contributed by atoms with Crippen LogP contribution in [0.3, 0.4) is 0 Å². The van der Waals surface area contributed by atoms with E-state index in [-0.39, 0.29) is 23.8 Å². The summed E-state index contributed by atoms with van der Waals surface area (Å²) >= 11 is 1.71. The minimum atomic E-state index is -0.248. The van der Waals surface area contributed by atoms with Gasteiger partial charge in [0, 0.05) is 35.4 Å². The molecule has 126 valence electrons. The van der Waals surface area contributed by atoms with Crippen LogP contribution in [0.1, 0.15) is 35.4 Å². The normalized spacial score (nSPS) is 22.3. The zero-order valence-electron chi connectivity index (χ0n) is 13.5. The molecule has 2 fully saturated rings. The zero-order chi connectivity index (χ0) is 16.2. The Bertz CT molecular complexity index is 558. The number of ether oxygens (including phenoxy) is 1. The van der Waals surface area contributed by atoms with E-state index >= 15 is 0 Å². The van der Waals surface area contributed by atoms with Crippen molar-refractivity contribution in [1.82, 2.24) is 10.2 Å². The van der Waals surface area contributed by atoms with Gasteiger partial charge in [-0.2, -0.15) is 0 Å². The number of nitrogens with one attached hydrogen (secondary N) is 1. The Labute approximate surface area is 141 Å². The fourth-order valence-electron chi connectivity index (χ4n) is 3.24. The highest BCUT2D eigenvalue weighted by Gasteiger charge is 2.32. The summed E-state index contributed by atoms with van der Waals surface area (Å²) in [4.78, 5) is 28.9. The summed E-state index contributed by atoms with van der Waals surface area (Å²) in [5.41, 5.74) is 0. The number of hydrogen-bond donors (Lipinski definition) is 1. The lowest BCUT2D eigenvalue weighted by Gasteiger charge is -2.32. The van der Waals surface area contributed by atoms with E-state index in [9.17, 15) is 9.59 Å². The predicted molar refractivity (Wildman–Crippen MR) is 89.2 cm³/mol. The van der Waals surface area contributed by atoms with E-state index < -0.39 is 0 Å².